The predicted molar refractivity (Wildman–Crippen MR) is 46.4 cm³/mol. The zero-order valence-corrected chi connectivity index (χ0v) is 7.23. The summed E-state index contributed by atoms with van der Waals surface area (Å²) in [6.45, 7) is 0. The van der Waals surface area contributed by atoms with Gasteiger partial charge in [-0.3, -0.25) is 0 Å². The van der Waals surface area contributed by atoms with Crippen LogP contribution in [-0.2, 0) is 0 Å². The van der Waals surface area contributed by atoms with Crippen LogP contribution >= 0.6 is 0 Å². The summed E-state index contributed by atoms with van der Waals surface area (Å²) >= 11 is 2.31. The Morgan fingerprint density at radius 2 is 1.60 bits per heavy atom. The van der Waals surface area contributed by atoms with Gasteiger partial charge in [0, 0.05) is 0 Å². The van der Waals surface area contributed by atoms with Crippen LogP contribution in [0.3, 0.4) is 0 Å². The number of hydrogen-bond donors (Lipinski definition) is 0. The van der Waals surface area contributed by atoms with Gasteiger partial charge in [-0.05, 0) is 0 Å². The first kappa shape index (κ1) is 8.69. The van der Waals surface area contributed by atoms with Crippen molar-refractivity contribution in [2.24, 2.45) is 5.92 Å². The Balaban J connectivity index is 2.15. The van der Waals surface area contributed by atoms with Gasteiger partial charge in [0.2, 0.25) is 0 Å². The second-order valence-corrected chi connectivity index (χ2v) is 3.65. The van der Waals surface area contributed by atoms with Crippen molar-refractivity contribution < 1.29 is 0 Å². The summed E-state index contributed by atoms with van der Waals surface area (Å²) in [5.41, 5.74) is 0. The van der Waals surface area contributed by atoms with Crippen LogP contribution < -0.4 is 0 Å². The van der Waals surface area contributed by atoms with E-state index in [0.717, 1.165) is 5.92 Å². The Bertz CT molecular complexity index is 72.8. The molecule has 1 rings (SSSR count). The normalized spacial score (nSPS) is 22.6. The zero-order valence-electron chi connectivity index (χ0n) is 7.23. The van der Waals surface area contributed by atoms with Gasteiger partial charge in [0.1, 0.15) is 0 Å². The van der Waals surface area contributed by atoms with E-state index in [1.807, 2.05) is 0 Å². The van der Waals surface area contributed by atoms with E-state index in [9.17, 15) is 0 Å². The van der Waals surface area contributed by atoms with Gasteiger partial charge in [-0.1, -0.05) is 0 Å². The molecule has 0 saturated heterocycles. The van der Waals surface area contributed by atoms with Crippen molar-refractivity contribution in [3.8, 4) is 0 Å². The fourth-order valence-electron chi connectivity index (χ4n) is 2.06. The van der Waals surface area contributed by atoms with Crippen LogP contribution in [0, 0.1) is 5.92 Å². The van der Waals surface area contributed by atoms with E-state index in [-0.39, 0.29) is 0 Å². The minimum atomic E-state index is 1.09. The number of hydrogen-bond acceptors (Lipinski definition) is 0. The molecule has 0 radical (unpaired) electrons. The van der Waals surface area contributed by atoms with Crippen molar-refractivity contribution in [3.63, 3.8) is 0 Å². The Morgan fingerprint density at radius 3 is 2.10 bits per heavy atom. The van der Waals surface area contributed by atoms with E-state index < -0.39 is 0 Å². The molecule has 54 valence electrons. The molecule has 1 aliphatic rings. The van der Waals surface area contributed by atoms with E-state index in [1.54, 1.807) is 0 Å². The fraction of sp³-hybridized carbons (Fsp3) is 1.00. The molecule has 0 heterocycles. The molecule has 1 saturated carbocycles. The fourth-order valence-corrected chi connectivity index (χ4v) is 2.06. The molecule has 0 N–H and O–H groups in total. The summed E-state index contributed by atoms with van der Waals surface area (Å²) in [6, 6.07) is 0. The van der Waals surface area contributed by atoms with Crippen LogP contribution in [0.25, 0.3) is 0 Å². The van der Waals surface area contributed by atoms with Gasteiger partial charge < -0.3 is 0 Å². The maximum atomic E-state index is 2.31. The van der Waals surface area contributed by atoms with Gasteiger partial charge in [-0.2, -0.15) is 0 Å². The number of rotatable bonds is 2. The summed E-state index contributed by atoms with van der Waals surface area (Å²) in [7, 11) is 0. The van der Waals surface area contributed by atoms with Gasteiger partial charge in [-0.25, -0.2) is 0 Å². The molecule has 1 aliphatic carbocycles. The molecule has 0 aromatic carbocycles. The average Bonchev–Trinajstić information content (AvgIpc) is 2.17. The molecule has 0 aliphatic heterocycles. The van der Waals surface area contributed by atoms with Crippen LogP contribution in [0.4, 0.5) is 0 Å². The molecule has 1 heteroatoms. The summed E-state index contributed by atoms with van der Waals surface area (Å²) in [4.78, 5) is 0. The molecular formula is C9H17Li. The maximum absolute atomic E-state index is 2.31. The SMILES string of the molecule is [Li][CH2]CC1CCCCCC1. The Hall–Kier alpha value is 0.597. The summed E-state index contributed by atoms with van der Waals surface area (Å²) in [5, 5.41) is 1.39. The van der Waals surface area contributed by atoms with E-state index in [2.05, 4.69) is 17.7 Å². The molecule has 0 amide bonds. The zero-order chi connectivity index (χ0) is 7.23. The third kappa shape index (κ3) is 3.13. The third-order valence-corrected chi connectivity index (χ3v) is 2.67. The van der Waals surface area contributed by atoms with Crippen molar-refractivity contribution >= 4 is 17.7 Å². The van der Waals surface area contributed by atoms with Crippen molar-refractivity contribution in [2.45, 2.75) is 50.0 Å². The van der Waals surface area contributed by atoms with Crippen LogP contribution in [0.1, 0.15) is 44.9 Å². The van der Waals surface area contributed by atoms with Crippen molar-refractivity contribution in [2.75, 3.05) is 0 Å². The Morgan fingerprint density at radius 1 is 1.00 bits per heavy atom. The molecule has 10 heavy (non-hydrogen) atoms. The van der Waals surface area contributed by atoms with E-state index in [1.165, 1.54) is 50.0 Å². The monoisotopic (exact) mass is 132 g/mol. The van der Waals surface area contributed by atoms with Crippen LogP contribution in [-0.4, -0.2) is 17.7 Å². The molecule has 0 aromatic rings. The third-order valence-electron chi connectivity index (χ3n) is 2.67. The molecule has 0 atom stereocenters. The summed E-state index contributed by atoms with van der Waals surface area (Å²) < 4.78 is 0. The quantitative estimate of drug-likeness (QED) is 0.400. The molecule has 0 nitrogen and oxygen atoms in total. The molecule has 0 spiro atoms. The van der Waals surface area contributed by atoms with Crippen LogP contribution in [0.15, 0.2) is 0 Å². The first-order valence-electron chi connectivity index (χ1n) is 4.93. The first-order valence-corrected chi connectivity index (χ1v) is 4.93. The van der Waals surface area contributed by atoms with Crippen molar-refractivity contribution in [1.82, 2.24) is 0 Å². The van der Waals surface area contributed by atoms with Gasteiger partial charge >= 0.3 is 73.7 Å². The van der Waals surface area contributed by atoms with E-state index in [0.29, 0.717) is 0 Å². The van der Waals surface area contributed by atoms with Gasteiger partial charge in [-0.15, -0.1) is 0 Å². The Kier molecular flexibility index (Phi) is 4.58. The molecular weight excluding hydrogens is 115 g/mol. The average molecular weight is 132 g/mol. The second-order valence-electron chi connectivity index (χ2n) is 3.65. The summed E-state index contributed by atoms with van der Waals surface area (Å²) in [5.74, 6) is 1.09. The van der Waals surface area contributed by atoms with E-state index >= 15 is 0 Å². The summed E-state index contributed by atoms with van der Waals surface area (Å²) in [6.07, 6.45) is 10.5. The van der Waals surface area contributed by atoms with Crippen LogP contribution in [0.2, 0.25) is 5.09 Å². The van der Waals surface area contributed by atoms with Gasteiger partial charge in [0.25, 0.3) is 0 Å². The standard InChI is InChI=1S/C9H17.Li/c1-2-9-7-5-3-4-6-8-9;/h9H,1-8H2;. The van der Waals surface area contributed by atoms with Gasteiger partial charge in [0.15, 0.2) is 0 Å². The van der Waals surface area contributed by atoms with Crippen molar-refractivity contribution in [1.29, 1.82) is 0 Å². The second kappa shape index (κ2) is 5.27. The first-order chi connectivity index (χ1) is 4.93. The Labute approximate surface area is 74.0 Å². The predicted octanol–water partition coefficient (Wildman–Crippen LogP) is 2.93. The molecule has 0 aromatic heterocycles. The van der Waals surface area contributed by atoms with Crippen molar-refractivity contribution in [3.05, 3.63) is 0 Å². The minimum absolute atomic E-state index is 1.09. The van der Waals surface area contributed by atoms with Gasteiger partial charge in [0.05, 0.1) is 0 Å². The van der Waals surface area contributed by atoms with Crippen LogP contribution in [0.5, 0.6) is 0 Å². The molecule has 1 fully saturated rings. The van der Waals surface area contributed by atoms with E-state index in [4.69, 9.17) is 0 Å². The topological polar surface area (TPSA) is 0 Å². The molecule has 0 bridgehead atoms. The molecule has 0 unspecified atom stereocenters.